The van der Waals surface area contributed by atoms with Crippen LogP contribution < -0.4 is 5.32 Å². The molecule has 1 N–H and O–H groups in total. The van der Waals surface area contributed by atoms with Crippen LogP contribution in [-0.4, -0.2) is 30.6 Å². The summed E-state index contributed by atoms with van der Waals surface area (Å²) in [5.74, 6) is 0.781. The first-order valence-electron chi connectivity index (χ1n) is 5.39. The molecule has 0 aromatic rings. The summed E-state index contributed by atoms with van der Waals surface area (Å²) in [7, 11) is 0. The lowest BCUT2D eigenvalue weighted by atomic mass is 10.1. The Balaban J connectivity index is 1.81. The van der Waals surface area contributed by atoms with Crippen molar-refractivity contribution in [3.05, 3.63) is 0 Å². The Morgan fingerprint density at radius 3 is 2.77 bits per heavy atom. The van der Waals surface area contributed by atoms with Crippen molar-refractivity contribution in [1.29, 1.82) is 0 Å². The normalized spacial score (nSPS) is 24.9. The van der Waals surface area contributed by atoms with E-state index in [1.165, 1.54) is 25.7 Å². The van der Waals surface area contributed by atoms with Crippen LogP contribution in [0.5, 0.6) is 0 Å². The van der Waals surface area contributed by atoms with Gasteiger partial charge in [-0.15, -0.1) is 0 Å². The third-order valence-corrected chi connectivity index (χ3v) is 3.12. The topological polar surface area (TPSA) is 32.3 Å². The Kier molecular flexibility index (Phi) is 2.71. The molecule has 0 bridgehead atoms. The molecule has 3 nitrogen and oxygen atoms in total. The molecule has 2 amide bonds. The summed E-state index contributed by atoms with van der Waals surface area (Å²) in [6, 6.07) is 0.151. The highest BCUT2D eigenvalue weighted by atomic mass is 16.2. The van der Waals surface area contributed by atoms with Crippen LogP contribution in [0, 0.1) is 5.92 Å². The molecule has 13 heavy (non-hydrogen) atoms. The molecule has 0 spiro atoms. The van der Waals surface area contributed by atoms with Gasteiger partial charge in [-0.05, 0) is 25.2 Å². The molecule has 0 atom stereocenters. The van der Waals surface area contributed by atoms with Crippen LogP contribution in [0.25, 0.3) is 0 Å². The molecule has 1 aliphatic heterocycles. The molecule has 1 aliphatic carbocycles. The van der Waals surface area contributed by atoms with Gasteiger partial charge in [0.1, 0.15) is 0 Å². The average Bonchev–Trinajstić information content (AvgIpc) is 2.61. The van der Waals surface area contributed by atoms with E-state index >= 15 is 0 Å². The van der Waals surface area contributed by atoms with Crippen LogP contribution >= 0.6 is 0 Å². The SMILES string of the molecule is O=C1NCCCN1CC1CCCC1. The Hall–Kier alpha value is -0.730. The molecule has 2 aliphatic rings. The first-order chi connectivity index (χ1) is 6.36. The second kappa shape index (κ2) is 3.99. The molecule has 1 heterocycles. The highest BCUT2D eigenvalue weighted by Gasteiger charge is 2.23. The van der Waals surface area contributed by atoms with Crippen LogP contribution in [0.3, 0.4) is 0 Å². The van der Waals surface area contributed by atoms with Crippen molar-refractivity contribution in [2.24, 2.45) is 5.92 Å². The Morgan fingerprint density at radius 1 is 1.31 bits per heavy atom. The summed E-state index contributed by atoms with van der Waals surface area (Å²) in [4.78, 5) is 13.4. The first-order valence-corrected chi connectivity index (χ1v) is 5.39. The number of carbonyl (C=O) groups is 1. The van der Waals surface area contributed by atoms with Gasteiger partial charge in [-0.1, -0.05) is 12.8 Å². The van der Waals surface area contributed by atoms with Crippen molar-refractivity contribution < 1.29 is 4.79 Å². The van der Waals surface area contributed by atoms with Gasteiger partial charge in [0.15, 0.2) is 0 Å². The number of nitrogens with one attached hydrogen (secondary N) is 1. The predicted molar refractivity (Wildman–Crippen MR) is 51.5 cm³/mol. The summed E-state index contributed by atoms with van der Waals surface area (Å²) in [5, 5.41) is 2.89. The second-order valence-electron chi connectivity index (χ2n) is 4.18. The van der Waals surface area contributed by atoms with Crippen molar-refractivity contribution in [1.82, 2.24) is 10.2 Å². The molecule has 0 aromatic heterocycles. The lowest BCUT2D eigenvalue weighted by Crippen LogP contribution is -2.47. The van der Waals surface area contributed by atoms with Gasteiger partial charge in [0.05, 0.1) is 0 Å². The standard InChI is InChI=1S/C10H18N2O/c13-10-11-6-3-7-12(10)8-9-4-1-2-5-9/h9H,1-8H2,(H,11,13). The van der Waals surface area contributed by atoms with Crippen molar-refractivity contribution >= 4 is 6.03 Å². The minimum Gasteiger partial charge on any atom is -0.338 e. The van der Waals surface area contributed by atoms with Crippen molar-refractivity contribution in [3.63, 3.8) is 0 Å². The lowest BCUT2D eigenvalue weighted by molar-refractivity contribution is 0.175. The van der Waals surface area contributed by atoms with Crippen LogP contribution in [0.4, 0.5) is 4.79 Å². The monoisotopic (exact) mass is 182 g/mol. The van der Waals surface area contributed by atoms with Crippen LogP contribution in [0.1, 0.15) is 32.1 Å². The van der Waals surface area contributed by atoms with Gasteiger partial charge >= 0.3 is 6.03 Å². The number of rotatable bonds is 2. The van der Waals surface area contributed by atoms with E-state index in [-0.39, 0.29) is 6.03 Å². The Bertz CT molecular complexity index is 187. The summed E-state index contributed by atoms with van der Waals surface area (Å²) in [6.07, 6.45) is 6.48. The lowest BCUT2D eigenvalue weighted by Gasteiger charge is -2.29. The van der Waals surface area contributed by atoms with E-state index in [2.05, 4.69) is 5.32 Å². The number of hydrogen-bond acceptors (Lipinski definition) is 1. The fraction of sp³-hybridized carbons (Fsp3) is 0.900. The Labute approximate surface area is 79.5 Å². The fourth-order valence-corrected chi connectivity index (χ4v) is 2.36. The van der Waals surface area contributed by atoms with Crippen molar-refractivity contribution in [2.45, 2.75) is 32.1 Å². The minimum atomic E-state index is 0.151. The smallest absolute Gasteiger partial charge is 0.317 e. The summed E-state index contributed by atoms with van der Waals surface area (Å²) >= 11 is 0. The average molecular weight is 182 g/mol. The zero-order valence-corrected chi connectivity index (χ0v) is 8.09. The second-order valence-corrected chi connectivity index (χ2v) is 4.18. The van der Waals surface area contributed by atoms with Gasteiger partial charge in [-0.25, -0.2) is 4.79 Å². The largest absolute Gasteiger partial charge is 0.338 e. The third kappa shape index (κ3) is 2.14. The number of urea groups is 1. The first kappa shape index (κ1) is 8.85. The van der Waals surface area contributed by atoms with Crippen LogP contribution in [0.15, 0.2) is 0 Å². The highest BCUT2D eigenvalue weighted by molar-refractivity contribution is 5.74. The molecule has 2 rings (SSSR count). The predicted octanol–water partition coefficient (Wildman–Crippen LogP) is 1.59. The van der Waals surface area contributed by atoms with E-state index in [4.69, 9.17) is 0 Å². The quantitative estimate of drug-likeness (QED) is 0.691. The van der Waals surface area contributed by atoms with E-state index in [1.54, 1.807) is 0 Å². The van der Waals surface area contributed by atoms with Crippen LogP contribution in [-0.2, 0) is 0 Å². The van der Waals surface area contributed by atoms with E-state index in [1.807, 2.05) is 4.90 Å². The van der Waals surface area contributed by atoms with Gasteiger partial charge in [0.2, 0.25) is 0 Å². The molecular formula is C10H18N2O. The van der Waals surface area contributed by atoms with Gasteiger partial charge in [0.25, 0.3) is 0 Å². The van der Waals surface area contributed by atoms with Gasteiger partial charge in [-0.2, -0.15) is 0 Å². The maximum absolute atomic E-state index is 11.4. The molecule has 0 unspecified atom stereocenters. The van der Waals surface area contributed by atoms with Gasteiger partial charge < -0.3 is 10.2 Å². The fourth-order valence-electron chi connectivity index (χ4n) is 2.36. The van der Waals surface area contributed by atoms with E-state index < -0.39 is 0 Å². The zero-order valence-electron chi connectivity index (χ0n) is 8.09. The van der Waals surface area contributed by atoms with Crippen molar-refractivity contribution in [3.8, 4) is 0 Å². The van der Waals surface area contributed by atoms with Gasteiger partial charge in [0, 0.05) is 19.6 Å². The van der Waals surface area contributed by atoms with Crippen molar-refractivity contribution in [2.75, 3.05) is 19.6 Å². The molecule has 0 aromatic carbocycles. The van der Waals surface area contributed by atoms with E-state index in [0.717, 1.165) is 32.0 Å². The third-order valence-electron chi connectivity index (χ3n) is 3.12. The number of nitrogens with zero attached hydrogens (tertiary/aromatic N) is 1. The number of amides is 2. The molecule has 1 saturated carbocycles. The summed E-state index contributed by atoms with van der Waals surface area (Å²) in [5.41, 5.74) is 0. The van der Waals surface area contributed by atoms with E-state index in [0.29, 0.717) is 0 Å². The van der Waals surface area contributed by atoms with Gasteiger partial charge in [-0.3, -0.25) is 0 Å². The Morgan fingerprint density at radius 2 is 2.08 bits per heavy atom. The maximum Gasteiger partial charge on any atom is 0.317 e. The number of carbonyl (C=O) groups excluding carboxylic acids is 1. The van der Waals surface area contributed by atoms with Crippen LogP contribution in [0.2, 0.25) is 0 Å². The van der Waals surface area contributed by atoms with E-state index in [9.17, 15) is 4.79 Å². The number of hydrogen-bond donors (Lipinski definition) is 1. The zero-order chi connectivity index (χ0) is 9.10. The molecule has 74 valence electrons. The molecular weight excluding hydrogens is 164 g/mol. The molecule has 2 fully saturated rings. The highest BCUT2D eigenvalue weighted by Crippen LogP contribution is 2.25. The summed E-state index contributed by atoms with van der Waals surface area (Å²) in [6.45, 7) is 2.81. The summed E-state index contributed by atoms with van der Waals surface area (Å²) < 4.78 is 0. The molecule has 3 heteroatoms. The molecule has 1 saturated heterocycles. The molecule has 0 radical (unpaired) electrons. The maximum atomic E-state index is 11.4. The minimum absolute atomic E-state index is 0.151.